The minimum absolute atomic E-state index is 0.486. The van der Waals surface area contributed by atoms with Crippen molar-refractivity contribution in [2.24, 2.45) is 5.92 Å². The molecule has 0 saturated carbocycles. The predicted molar refractivity (Wildman–Crippen MR) is 44.7 cm³/mol. The van der Waals surface area contributed by atoms with E-state index in [1.165, 1.54) is 6.92 Å². The molecule has 4 nitrogen and oxygen atoms in total. The van der Waals surface area contributed by atoms with Crippen LogP contribution in [-0.2, 0) is 19.1 Å². The molecule has 0 aromatic heterocycles. The molecule has 1 heterocycles. The van der Waals surface area contributed by atoms with Crippen LogP contribution >= 0.6 is 0 Å². The Morgan fingerprint density at radius 2 is 1.54 bits per heavy atom. The number of ether oxygens (including phenoxy) is 2. The van der Waals surface area contributed by atoms with Crippen molar-refractivity contribution in [2.45, 2.75) is 39.4 Å². The fourth-order valence-electron chi connectivity index (χ4n) is 1.20. The van der Waals surface area contributed by atoms with E-state index in [4.69, 9.17) is 9.47 Å². The molecule has 1 aliphatic heterocycles. The smallest absolute Gasteiger partial charge is 0.323 e. The molecule has 13 heavy (non-hydrogen) atoms. The number of cyclic esters (lactones) is 2. The van der Waals surface area contributed by atoms with Crippen LogP contribution in [0.15, 0.2) is 0 Å². The summed E-state index contributed by atoms with van der Waals surface area (Å²) >= 11 is 0. The second kappa shape index (κ2) is 3.36. The quantitative estimate of drug-likeness (QED) is 0.481. The molecular weight excluding hydrogens is 172 g/mol. The lowest BCUT2D eigenvalue weighted by Gasteiger charge is -2.36. The lowest BCUT2D eigenvalue weighted by atomic mass is 10.1. The maximum absolute atomic E-state index is 11.2. The van der Waals surface area contributed by atoms with Gasteiger partial charge in [0.05, 0.1) is 0 Å². The Hall–Kier alpha value is -1.06. The van der Waals surface area contributed by atoms with Crippen molar-refractivity contribution < 1.29 is 19.1 Å². The average molecular weight is 186 g/mol. The fraction of sp³-hybridized carbons (Fsp3) is 0.778. The number of carbonyl (C=O) groups excluding carboxylic acids is 2. The van der Waals surface area contributed by atoms with Crippen LogP contribution in [0.5, 0.6) is 0 Å². The number of carbonyl (C=O) groups is 2. The van der Waals surface area contributed by atoms with E-state index in [9.17, 15) is 9.59 Å². The normalized spacial score (nSPS) is 22.4. The van der Waals surface area contributed by atoms with Gasteiger partial charge in [0.25, 0.3) is 5.79 Å². The lowest BCUT2D eigenvalue weighted by molar-refractivity contribution is -0.253. The van der Waals surface area contributed by atoms with Crippen LogP contribution in [0.25, 0.3) is 0 Å². The van der Waals surface area contributed by atoms with Crippen molar-refractivity contribution in [1.82, 2.24) is 0 Å². The van der Waals surface area contributed by atoms with Crippen LogP contribution in [0.1, 0.15) is 33.6 Å². The first-order valence-electron chi connectivity index (χ1n) is 4.50. The minimum Gasteiger partial charge on any atom is -0.422 e. The van der Waals surface area contributed by atoms with Crippen molar-refractivity contribution in [3.8, 4) is 0 Å². The van der Waals surface area contributed by atoms with E-state index in [2.05, 4.69) is 0 Å². The van der Waals surface area contributed by atoms with Gasteiger partial charge in [-0.3, -0.25) is 9.59 Å². The first-order valence-corrected chi connectivity index (χ1v) is 4.50. The van der Waals surface area contributed by atoms with Gasteiger partial charge in [-0.25, -0.2) is 0 Å². The zero-order valence-electron chi connectivity index (χ0n) is 8.12. The molecule has 0 aliphatic carbocycles. The summed E-state index contributed by atoms with van der Waals surface area (Å²) in [7, 11) is 0. The number of hydrogen-bond donors (Lipinski definition) is 0. The Morgan fingerprint density at radius 3 is 1.85 bits per heavy atom. The second-order valence-electron chi connectivity index (χ2n) is 3.18. The van der Waals surface area contributed by atoms with Gasteiger partial charge >= 0.3 is 11.9 Å². The Labute approximate surface area is 77.2 Å². The molecule has 0 spiro atoms. The molecule has 0 aromatic carbocycles. The molecule has 1 fully saturated rings. The highest BCUT2D eigenvalue weighted by atomic mass is 16.7. The second-order valence-corrected chi connectivity index (χ2v) is 3.18. The maximum atomic E-state index is 11.2. The van der Waals surface area contributed by atoms with Gasteiger partial charge in [0.2, 0.25) is 0 Å². The monoisotopic (exact) mass is 186 g/mol. The van der Waals surface area contributed by atoms with E-state index in [1.807, 2.05) is 13.8 Å². The highest BCUT2D eigenvalue weighted by molar-refractivity contribution is 5.96. The molecule has 1 rings (SSSR count). The van der Waals surface area contributed by atoms with Crippen molar-refractivity contribution in [2.75, 3.05) is 0 Å². The van der Waals surface area contributed by atoms with E-state index < -0.39 is 23.6 Å². The Kier molecular flexibility index (Phi) is 2.59. The van der Waals surface area contributed by atoms with Crippen LogP contribution in [0.3, 0.4) is 0 Å². The summed E-state index contributed by atoms with van der Waals surface area (Å²) in [5.74, 6) is -2.77. The number of hydrogen-bond acceptors (Lipinski definition) is 4. The van der Waals surface area contributed by atoms with Gasteiger partial charge in [0, 0.05) is 12.8 Å². The number of esters is 2. The average Bonchev–Trinajstić information content (AvgIpc) is 2.13. The molecule has 4 heteroatoms. The van der Waals surface area contributed by atoms with Crippen LogP contribution in [0.4, 0.5) is 0 Å². The van der Waals surface area contributed by atoms with Gasteiger partial charge in [-0.2, -0.15) is 0 Å². The fourth-order valence-corrected chi connectivity index (χ4v) is 1.20. The van der Waals surface area contributed by atoms with Gasteiger partial charge < -0.3 is 9.47 Å². The third-order valence-corrected chi connectivity index (χ3v) is 2.36. The molecule has 0 radical (unpaired) electrons. The van der Waals surface area contributed by atoms with E-state index in [-0.39, 0.29) is 0 Å². The minimum atomic E-state index is -1.01. The molecule has 1 aliphatic rings. The molecule has 74 valence electrons. The molecule has 0 bridgehead atoms. The summed E-state index contributed by atoms with van der Waals surface area (Å²) in [5.41, 5.74) is 0. The zero-order valence-corrected chi connectivity index (χ0v) is 8.12. The maximum Gasteiger partial charge on any atom is 0.323 e. The van der Waals surface area contributed by atoms with Crippen molar-refractivity contribution in [3.63, 3.8) is 0 Å². The van der Waals surface area contributed by atoms with E-state index in [0.717, 1.165) is 0 Å². The van der Waals surface area contributed by atoms with Crippen LogP contribution < -0.4 is 0 Å². The highest BCUT2D eigenvalue weighted by Gasteiger charge is 2.44. The van der Waals surface area contributed by atoms with Crippen molar-refractivity contribution >= 4 is 11.9 Å². The molecule has 0 amide bonds. The van der Waals surface area contributed by atoms with Crippen LogP contribution in [0, 0.1) is 5.92 Å². The topological polar surface area (TPSA) is 52.6 Å². The van der Waals surface area contributed by atoms with Gasteiger partial charge in [0.15, 0.2) is 5.92 Å². The predicted octanol–water partition coefficient (Wildman–Crippen LogP) is 1.24. The van der Waals surface area contributed by atoms with E-state index in [1.54, 1.807) is 0 Å². The number of rotatable bonds is 2. The summed E-state index contributed by atoms with van der Waals surface area (Å²) in [4.78, 5) is 22.4. The highest BCUT2D eigenvalue weighted by Crippen LogP contribution is 2.29. The summed E-state index contributed by atoms with van der Waals surface area (Å²) in [6.45, 7) is 5.12. The van der Waals surface area contributed by atoms with Gasteiger partial charge in [-0.1, -0.05) is 13.8 Å². The molecule has 0 N–H and O–H groups in total. The van der Waals surface area contributed by atoms with Gasteiger partial charge in [-0.15, -0.1) is 0 Å². The Bertz CT molecular complexity index is 210. The summed E-state index contributed by atoms with van der Waals surface area (Å²) in [5, 5.41) is 0. The Balaban J connectivity index is 2.83. The van der Waals surface area contributed by atoms with Crippen LogP contribution in [0.2, 0.25) is 0 Å². The molecule has 1 saturated heterocycles. The molecule has 0 unspecified atom stereocenters. The third-order valence-electron chi connectivity index (χ3n) is 2.36. The van der Waals surface area contributed by atoms with Crippen molar-refractivity contribution in [3.05, 3.63) is 0 Å². The third kappa shape index (κ3) is 1.66. The molecule has 0 aromatic rings. The summed E-state index contributed by atoms with van der Waals surface area (Å²) in [6, 6.07) is 0. The molecule has 0 atom stereocenters. The largest absolute Gasteiger partial charge is 0.422 e. The standard InChI is InChI=1S/C9H14O4/c1-4-9(5-2)12-7(10)6(3)8(11)13-9/h6H,4-5H2,1-3H3. The summed E-state index contributed by atoms with van der Waals surface area (Å²) in [6.07, 6.45) is 0.988. The summed E-state index contributed by atoms with van der Waals surface area (Å²) < 4.78 is 10.1. The first-order chi connectivity index (χ1) is 6.04. The van der Waals surface area contributed by atoms with E-state index >= 15 is 0 Å². The SMILES string of the molecule is CCC1(CC)OC(=O)C(C)C(=O)O1. The lowest BCUT2D eigenvalue weighted by Crippen LogP contribution is -2.48. The van der Waals surface area contributed by atoms with E-state index in [0.29, 0.717) is 12.8 Å². The Morgan fingerprint density at radius 1 is 1.15 bits per heavy atom. The van der Waals surface area contributed by atoms with Gasteiger partial charge in [0.1, 0.15) is 0 Å². The zero-order chi connectivity index (χ0) is 10.1. The van der Waals surface area contributed by atoms with Crippen molar-refractivity contribution in [1.29, 1.82) is 0 Å². The van der Waals surface area contributed by atoms with Crippen LogP contribution in [-0.4, -0.2) is 17.7 Å². The van der Waals surface area contributed by atoms with Gasteiger partial charge in [-0.05, 0) is 6.92 Å². The first kappa shape index (κ1) is 10.0. The molecular formula is C9H14O4.